The van der Waals surface area contributed by atoms with Crippen LogP contribution in [0.25, 0.3) is 0 Å². The van der Waals surface area contributed by atoms with Gasteiger partial charge in [-0.15, -0.1) is 0 Å². The van der Waals surface area contributed by atoms with Crippen molar-refractivity contribution in [2.45, 2.75) is 52.1 Å². The topological polar surface area (TPSA) is 26.0 Å². The standard InChI is InChI=1S/C15H22F3N/c1-10(2)13-8-12(6-4-5-7-19)9-14(11(13)3)15(16,17)18/h8-10H,4-7,19H2,1-3H3. The van der Waals surface area contributed by atoms with E-state index in [1.165, 1.54) is 6.07 Å². The van der Waals surface area contributed by atoms with Gasteiger partial charge in [-0.1, -0.05) is 19.9 Å². The third kappa shape index (κ3) is 4.23. The predicted molar refractivity (Wildman–Crippen MR) is 72.3 cm³/mol. The lowest BCUT2D eigenvalue weighted by Crippen LogP contribution is -2.11. The molecule has 2 N–H and O–H groups in total. The van der Waals surface area contributed by atoms with Crippen LogP contribution in [0.15, 0.2) is 12.1 Å². The average Bonchev–Trinajstić information content (AvgIpc) is 2.29. The molecule has 0 amide bonds. The van der Waals surface area contributed by atoms with Crippen LogP contribution in [-0.2, 0) is 12.6 Å². The summed E-state index contributed by atoms with van der Waals surface area (Å²) in [6.07, 6.45) is -1.96. The van der Waals surface area contributed by atoms with Crippen molar-refractivity contribution in [2.75, 3.05) is 6.54 Å². The van der Waals surface area contributed by atoms with Crippen LogP contribution in [0.2, 0.25) is 0 Å². The van der Waals surface area contributed by atoms with Gasteiger partial charge in [0.25, 0.3) is 0 Å². The average molecular weight is 273 g/mol. The van der Waals surface area contributed by atoms with Gasteiger partial charge >= 0.3 is 6.18 Å². The summed E-state index contributed by atoms with van der Waals surface area (Å²) in [6, 6.07) is 3.20. The van der Waals surface area contributed by atoms with Crippen molar-refractivity contribution in [1.29, 1.82) is 0 Å². The molecule has 19 heavy (non-hydrogen) atoms. The molecule has 0 aliphatic heterocycles. The van der Waals surface area contributed by atoms with Crippen LogP contribution in [0.4, 0.5) is 13.2 Å². The Morgan fingerprint density at radius 1 is 1.16 bits per heavy atom. The molecule has 0 radical (unpaired) electrons. The maximum absolute atomic E-state index is 13.0. The van der Waals surface area contributed by atoms with Crippen molar-refractivity contribution in [3.63, 3.8) is 0 Å². The van der Waals surface area contributed by atoms with Gasteiger partial charge in [0.15, 0.2) is 0 Å². The lowest BCUT2D eigenvalue weighted by Gasteiger charge is -2.18. The summed E-state index contributed by atoms with van der Waals surface area (Å²) in [7, 11) is 0. The lowest BCUT2D eigenvalue weighted by molar-refractivity contribution is -0.138. The van der Waals surface area contributed by atoms with Gasteiger partial charge in [0, 0.05) is 0 Å². The van der Waals surface area contributed by atoms with Gasteiger partial charge < -0.3 is 5.73 Å². The second-order valence-electron chi connectivity index (χ2n) is 5.26. The Hall–Kier alpha value is -1.03. The van der Waals surface area contributed by atoms with Crippen molar-refractivity contribution in [2.24, 2.45) is 5.73 Å². The van der Waals surface area contributed by atoms with E-state index in [1.54, 1.807) is 6.92 Å². The maximum Gasteiger partial charge on any atom is 0.416 e. The van der Waals surface area contributed by atoms with Gasteiger partial charge in [-0.3, -0.25) is 0 Å². The third-order valence-corrected chi connectivity index (χ3v) is 3.35. The molecule has 1 aromatic carbocycles. The zero-order valence-corrected chi connectivity index (χ0v) is 11.8. The number of halogens is 3. The Bertz CT molecular complexity index is 422. The first-order chi connectivity index (χ1) is 8.77. The number of rotatable bonds is 5. The second-order valence-corrected chi connectivity index (χ2v) is 5.26. The molecule has 0 fully saturated rings. The number of unbranched alkanes of at least 4 members (excludes halogenated alkanes) is 1. The number of aryl methyl sites for hydroxylation is 1. The van der Waals surface area contributed by atoms with Gasteiger partial charge in [0.05, 0.1) is 5.56 Å². The van der Waals surface area contributed by atoms with Crippen molar-refractivity contribution in [3.05, 3.63) is 34.4 Å². The largest absolute Gasteiger partial charge is 0.416 e. The van der Waals surface area contributed by atoms with Gasteiger partial charge in [0.2, 0.25) is 0 Å². The second kappa shape index (κ2) is 6.42. The highest BCUT2D eigenvalue weighted by Crippen LogP contribution is 2.36. The first-order valence-electron chi connectivity index (χ1n) is 6.68. The van der Waals surface area contributed by atoms with Crippen molar-refractivity contribution in [1.82, 2.24) is 0 Å². The molecule has 0 atom stereocenters. The van der Waals surface area contributed by atoms with Crippen molar-refractivity contribution < 1.29 is 13.2 Å². The van der Waals surface area contributed by atoms with E-state index in [-0.39, 0.29) is 5.92 Å². The Morgan fingerprint density at radius 2 is 1.79 bits per heavy atom. The van der Waals surface area contributed by atoms with Gasteiger partial charge in [0.1, 0.15) is 0 Å². The number of alkyl halides is 3. The summed E-state index contributed by atoms with van der Waals surface area (Å²) in [5, 5.41) is 0. The van der Waals surface area contributed by atoms with Gasteiger partial charge in [-0.2, -0.15) is 13.2 Å². The van der Waals surface area contributed by atoms with Crippen LogP contribution in [0.5, 0.6) is 0 Å². The van der Waals surface area contributed by atoms with E-state index in [1.807, 2.05) is 19.9 Å². The molecular weight excluding hydrogens is 251 g/mol. The molecular formula is C15H22F3N. The molecule has 1 nitrogen and oxygen atoms in total. The quantitative estimate of drug-likeness (QED) is 0.790. The maximum atomic E-state index is 13.0. The SMILES string of the molecule is Cc1c(C(C)C)cc(CCCCN)cc1C(F)(F)F. The summed E-state index contributed by atoms with van der Waals surface area (Å²) < 4.78 is 39.1. The lowest BCUT2D eigenvalue weighted by atomic mass is 9.90. The van der Waals surface area contributed by atoms with Crippen LogP contribution in [0.3, 0.4) is 0 Å². The number of hydrogen-bond acceptors (Lipinski definition) is 1. The highest BCUT2D eigenvalue weighted by Gasteiger charge is 2.33. The van der Waals surface area contributed by atoms with Gasteiger partial charge in [-0.25, -0.2) is 0 Å². The molecule has 0 aliphatic rings. The fraction of sp³-hybridized carbons (Fsp3) is 0.600. The first kappa shape index (κ1) is 16.0. The molecule has 0 aromatic heterocycles. The highest BCUT2D eigenvalue weighted by atomic mass is 19.4. The van der Waals surface area contributed by atoms with E-state index in [0.717, 1.165) is 24.0 Å². The third-order valence-electron chi connectivity index (χ3n) is 3.35. The van der Waals surface area contributed by atoms with Crippen LogP contribution in [-0.4, -0.2) is 6.54 Å². The Morgan fingerprint density at radius 3 is 2.26 bits per heavy atom. The minimum absolute atomic E-state index is 0.0931. The fourth-order valence-electron chi connectivity index (χ4n) is 2.31. The molecule has 1 rings (SSSR count). The van der Waals surface area contributed by atoms with Crippen LogP contribution >= 0.6 is 0 Å². The van der Waals surface area contributed by atoms with E-state index < -0.39 is 11.7 Å². The van der Waals surface area contributed by atoms with Crippen LogP contribution in [0, 0.1) is 6.92 Å². The normalized spacial score (nSPS) is 12.2. The number of hydrogen-bond donors (Lipinski definition) is 1. The number of nitrogens with two attached hydrogens (primary N) is 1. The molecule has 0 heterocycles. The summed E-state index contributed by atoms with van der Waals surface area (Å²) >= 11 is 0. The Balaban J connectivity index is 3.16. The molecule has 4 heteroatoms. The Kier molecular flexibility index (Phi) is 5.41. The Labute approximate surface area is 113 Å². The molecule has 0 spiro atoms. The summed E-state index contributed by atoms with van der Waals surface area (Å²) in [5.41, 5.74) is 6.82. The van der Waals surface area contributed by atoms with E-state index in [4.69, 9.17) is 5.73 Å². The van der Waals surface area contributed by atoms with Crippen molar-refractivity contribution >= 4 is 0 Å². The predicted octanol–water partition coefficient (Wildman–Crippen LogP) is 4.42. The number of benzene rings is 1. The molecule has 0 unspecified atom stereocenters. The monoisotopic (exact) mass is 273 g/mol. The minimum Gasteiger partial charge on any atom is -0.330 e. The summed E-state index contributed by atoms with van der Waals surface area (Å²) in [4.78, 5) is 0. The molecule has 0 saturated heterocycles. The first-order valence-corrected chi connectivity index (χ1v) is 6.68. The van der Waals surface area contributed by atoms with E-state index in [9.17, 15) is 13.2 Å². The highest BCUT2D eigenvalue weighted by molar-refractivity contribution is 5.41. The van der Waals surface area contributed by atoms with E-state index in [0.29, 0.717) is 18.5 Å². The van der Waals surface area contributed by atoms with Crippen LogP contribution in [0.1, 0.15) is 54.9 Å². The van der Waals surface area contributed by atoms with Crippen molar-refractivity contribution in [3.8, 4) is 0 Å². The smallest absolute Gasteiger partial charge is 0.330 e. The summed E-state index contributed by atoms with van der Waals surface area (Å²) in [5.74, 6) is 0.0931. The molecule has 108 valence electrons. The molecule has 0 bridgehead atoms. The fourth-order valence-corrected chi connectivity index (χ4v) is 2.31. The molecule has 0 aliphatic carbocycles. The zero-order valence-electron chi connectivity index (χ0n) is 11.8. The van der Waals surface area contributed by atoms with E-state index in [2.05, 4.69) is 0 Å². The zero-order chi connectivity index (χ0) is 14.6. The van der Waals surface area contributed by atoms with Crippen LogP contribution < -0.4 is 5.73 Å². The minimum atomic E-state index is -4.28. The molecule has 0 saturated carbocycles. The van der Waals surface area contributed by atoms with Gasteiger partial charge in [-0.05, 0) is 61.4 Å². The summed E-state index contributed by atoms with van der Waals surface area (Å²) in [6.45, 7) is 5.98. The molecule has 1 aromatic rings. The van der Waals surface area contributed by atoms with E-state index >= 15 is 0 Å².